The maximum absolute atomic E-state index is 12.0. The van der Waals surface area contributed by atoms with Crippen molar-refractivity contribution in [3.05, 3.63) is 29.8 Å². The van der Waals surface area contributed by atoms with Crippen LogP contribution >= 0.6 is 0 Å². The molecule has 1 aromatic carbocycles. The normalized spacial score (nSPS) is 15.9. The Morgan fingerprint density at radius 2 is 1.76 bits per heavy atom. The minimum atomic E-state index is -0.126. The zero-order chi connectivity index (χ0) is 17.9. The maximum atomic E-state index is 12.0. The fourth-order valence-electron chi connectivity index (χ4n) is 3.16. The molecule has 0 saturated carbocycles. The number of aliphatic hydroxyl groups is 1. The predicted octanol–water partition coefficient (Wildman–Crippen LogP) is 1.76. The van der Waals surface area contributed by atoms with Gasteiger partial charge in [0.15, 0.2) is 0 Å². The highest BCUT2D eigenvalue weighted by molar-refractivity contribution is 5.90. The predicted molar refractivity (Wildman–Crippen MR) is 102 cm³/mol. The number of benzene rings is 1. The van der Waals surface area contributed by atoms with Gasteiger partial charge < -0.3 is 20.6 Å². The number of aliphatic hydroxyl groups excluding tert-OH is 1. The largest absolute Gasteiger partial charge is 0.395 e. The summed E-state index contributed by atoms with van der Waals surface area (Å²) in [5, 5.41) is 14.8. The number of carbonyl (C=O) groups is 1. The van der Waals surface area contributed by atoms with Gasteiger partial charge in [-0.3, -0.25) is 4.90 Å². The van der Waals surface area contributed by atoms with E-state index in [9.17, 15) is 4.79 Å². The molecule has 1 aliphatic heterocycles. The van der Waals surface area contributed by atoms with Crippen LogP contribution in [-0.2, 0) is 6.42 Å². The van der Waals surface area contributed by atoms with E-state index >= 15 is 0 Å². The van der Waals surface area contributed by atoms with Crippen LogP contribution in [0.25, 0.3) is 0 Å². The van der Waals surface area contributed by atoms with Crippen LogP contribution in [0.3, 0.4) is 0 Å². The number of unbranched alkanes of at least 4 members (excludes halogenated alkanes) is 1. The molecule has 1 saturated heterocycles. The lowest BCUT2D eigenvalue weighted by Gasteiger charge is -2.34. The quantitative estimate of drug-likeness (QED) is 0.595. The first-order chi connectivity index (χ1) is 12.2. The van der Waals surface area contributed by atoms with Gasteiger partial charge in [-0.25, -0.2) is 4.79 Å². The van der Waals surface area contributed by atoms with Crippen molar-refractivity contribution >= 4 is 11.7 Å². The molecular weight excluding hydrogens is 316 g/mol. The number of hydrogen-bond acceptors (Lipinski definition) is 4. The SMILES string of the molecule is CCc1ccccc1NC(=O)NCCCCN1CCN(CCO)CC1. The molecule has 2 rings (SSSR count). The fraction of sp³-hybridized carbons (Fsp3) is 0.632. The number of nitrogens with one attached hydrogen (secondary N) is 2. The van der Waals surface area contributed by atoms with Crippen molar-refractivity contribution in [2.75, 3.05) is 57.7 Å². The molecule has 3 N–H and O–H groups in total. The van der Waals surface area contributed by atoms with Crippen LogP contribution in [0, 0.1) is 0 Å². The highest BCUT2D eigenvalue weighted by Gasteiger charge is 2.15. The van der Waals surface area contributed by atoms with Gasteiger partial charge in [-0.15, -0.1) is 0 Å². The molecule has 6 heteroatoms. The van der Waals surface area contributed by atoms with Crippen LogP contribution in [0.1, 0.15) is 25.3 Å². The number of aryl methyl sites for hydroxylation is 1. The number of anilines is 1. The van der Waals surface area contributed by atoms with E-state index in [-0.39, 0.29) is 12.6 Å². The van der Waals surface area contributed by atoms with E-state index in [4.69, 9.17) is 5.11 Å². The van der Waals surface area contributed by atoms with E-state index < -0.39 is 0 Å². The van der Waals surface area contributed by atoms with Crippen LogP contribution in [0.5, 0.6) is 0 Å². The third kappa shape index (κ3) is 7.02. The number of para-hydroxylation sites is 1. The molecule has 1 aromatic rings. The molecule has 0 aliphatic carbocycles. The van der Waals surface area contributed by atoms with Crippen LogP contribution in [0.2, 0.25) is 0 Å². The van der Waals surface area contributed by atoms with Gasteiger partial charge >= 0.3 is 6.03 Å². The third-order valence-corrected chi connectivity index (χ3v) is 4.71. The van der Waals surface area contributed by atoms with E-state index in [1.165, 1.54) is 0 Å². The lowest BCUT2D eigenvalue weighted by molar-refractivity contribution is 0.111. The van der Waals surface area contributed by atoms with Crippen molar-refractivity contribution < 1.29 is 9.90 Å². The summed E-state index contributed by atoms with van der Waals surface area (Å²) in [5.41, 5.74) is 2.04. The number of urea groups is 1. The molecule has 0 radical (unpaired) electrons. The minimum Gasteiger partial charge on any atom is -0.395 e. The first kappa shape index (κ1) is 19.7. The van der Waals surface area contributed by atoms with Crippen molar-refractivity contribution in [3.63, 3.8) is 0 Å². The highest BCUT2D eigenvalue weighted by Crippen LogP contribution is 2.15. The van der Waals surface area contributed by atoms with Crippen LogP contribution in [-0.4, -0.2) is 73.4 Å². The number of hydrogen-bond donors (Lipinski definition) is 3. The molecule has 0 atom stereocenters. The van der Waals surface area contributed by atoms with Crippen LogP contribution in [0.15, 0.2) is 24.3 Å². The Hall–Kier alpha value is -1.63. The van der Waals surface area contributed by atoms with Crippen LogP contribution in [0.4, 0.5) is 10.5 Å². The molecule has 25 heavy (non-hydrogen) atoms. The monoisotopic (exact) mass is 348 g/mol. The van der Waals surface area contributed by atoms with Gasteiger partial charge in [0.1, 0.15) is 0 Å². The summed E-state index contributed by atoms with van der Waals surface area (Å²) in [4.78, 5) is 16.8. The zero-order valence-corrected chi connectivity index (χ0v) is 15.3. The van der Waals surface area contributed by atoms with Gasteiger partial charge in [0, 0.05) is 45.0 Å². The first-order valence-corrected chi connectivity index (χ1v) is 9.41. The number of amides is 2. The topological polar surface area (TPSA) is 67.8 Å². The Labute approximate surface area is 151 Å². The van der Waals surface area contributed by atoms with Gasteiger partial charge in [0.2, 0.25) is 0 Å². The Morgan fingerprint density at radius 1 is 1.08 bits per heavy atom. The summed E-state index contributed by atoms with van der Waals surface area (Å²) >= 11 is 0. The van der Waals surface area contributed by atoms with E-state index in [0.717, 1.165) is 69.8 Å². The number of piperazine rings is 1. The molecule has 0 unspecified atom stereocenters. The molecule has 1 fully saturated rings. The third-order valence-electron chi connectivity index (χ3n) is 4.71. The highest BCUT2D eigenvalue weighted by atomic mass is 16.3. The van der Waals surface area contributed by atoms with Crippen molar-refractivity contribution in [2.24, 2.45) is 0 Å². The van der Waals surface area contributed by atoms with Gasteiger partial charge in [0.25, 0.3) is 0 Å². The van der Waals surface area contributed by atoms with Gasteiger partial charge in [0.05, 0.1) is 6.61 Å². The second-order valence-corrected chi connectivity index (χ2v) is 6.51. The molecule has 1 heterocycles. The van der Waals surface area contributed by atoms with Gasteiger partial charge in [-0.1, -0.05) is 25.1 Å². The number of rotatable bonds is 9. The molecule has 0 bridgehead atoms. The molecule has 0 spiro atoms. The van der Waals surface area contributed by atoms with E-state index in [2.05, 4.69) is 27.4 Å². The summed E-state index contributed by atoms with van der Waals surface area (Å²) in [5.74, 6) is 0. The smallest absolute Gasteiger partial charge is 0.319 e. The lowest BCUT2D eigenvalue weighted by atomic mass is 10.1. The Morgan fingerprint density at radius 3 is 2.44 bits per heavy atom. The Bertz CT molecular complexity index is 516. The van der Waals surface area contributed by atoms with E-state index in [0.29, 0.717) is 6.54 Å². The Balaban J connectivity index is 1.55. The summed E-state index contributed by atoms with van der Waals surface area (Å²) in [6.07, 6.45) is 2.98. The minimum absolute atomic E-state index is 0.126. The molecular formula is C19H32N4O2. The number of β-amino-alcohol motifs (C(OH)–C–C–N with tert-alkyl or cyclic N) is 1. The fourth-order valence-corrected chi connectivity index (χ4v) is 3.16. The molecule has 1 aliphatic rings. The van der Waals surface area contributed by atoms with Gasteiger partial charge in [-0.05, 0) is 37.4 Å². The molecule has 140 valence electrons. The molecule has 0 aromatic heterocycles. The van der Waals surface area contributed by atoms with Gasteiger partial charge in [-0.2, -0.15) is 0 Å². The summed E-state index contributed by atoms with van der Waals surface area (Å²) in [7, 11) is 0. The zero-order valence-electron chi connectivity index (χ0n) is 15.3. The van der Waals surface area contributed by atoms with Crippen molar-refractivity contribution in [2.45, 2.75) is 26.2 Å². The summed E-state index contributed by atoms with van der Waals surface area (Å²) in [6, 6.07) is 7.78. The number of carbonyl (C=O) groups excluding carboxylic acids is 1. The Kier molecular flexibility index (Phi) is 8.72. The summed E-state index contributed by atoms with van der Waals surface area (Å²) in [6.45, 7) is 9.12. The average Bonchev–Trinajstić information content (AvgIpc) is 2.63. The van der Waals surface area contributed by atoms with E-state index in [1.54, 1.807) is 0 Å². The maximum Gasteiger partial charge on any atom is 0.319 e. The van der Waals surface area contributed by atoms with Crippen molar-refractivity contribution in [1.29, 1.82) is 0 Å². The number of nitrogens with zero attached hydrogens (tertiary/aromatic N) is 2. The summed E-state index contributed by atoms with van der Waals surface area (Å²) < 4.78 is 0. The average molecular weight is 348 g/mol. The first-order valence-electron chi connectivity index (χ1n) is 9.41. The van der Waals surface area contributed by atoms with Crippen LogP contribution < -0.4 is 10.6 Å². The van der Waals surface area contributed by atoms with Crippen molar-refractivity contribution in [3.8, 4) is 0 Å². The second-order valence-electron chi connectivity index (χ2n) is 6.51. The standard InChI is InChI=1S/C19H32N4O2/c1-2-17-7-3-4-8-18(17)21-19(25)20-9-5-6-10-22-11-13-23(14-12-22)15-16-24/h3-4,7-8,24H,2,5-6,9-16H2,1H3,(H2,20,21,25). The lowest BCUT2D eigenvalue weighted by Crippen LogP contribution is -2.47. The molecule has 2 amide bonds. The van der Waals surface area contributed by atoms with Crippen molar-refractivity contribution in [1.82, 2.24) is 15.1 Å². The second kappa shape index (κ2) is 11.1. The molecule has 6 nitrogen and oxygen atoms in total. The van der Waals surface area contributed by atoms with E-state index in [1.807, 2.05) is 24.3 Å².